The highest BCUT2D eigenvalue weighted by Crippen LogP contribution is 2.35. The van der Waals surface area contributed by atoms with Crippen molar-refractivity contribution in [1.82, 2.24) is 9.88 Å². The van der Waals surface area contributed by atoms with Gasteiger partial charge in [0, 0.05) is 12.7 Å². The average Bonchev–Trinajstić information content (AvgIpc) is 2.91. The summed E-state index contributed by atoms with van der Waals surface area (Å²) in [6.07, 6.45) is 4.52. The van der Waals surface area contributed by atoms with Gasteiger partial charge in [-0.1, -0.05) is 6.92 Å². The monoisotopic (exact) mass is 278 g/mol. The Morgan fingerprint density at radius 2 is 2.30 bits per heavy atom. The van der Waals surface area contributed by atoms with E-state index in [-0.39, 0.29) is 5.91 Å². The van der Waals surface area contributed by atoms with Crippen LogP contribution in [0.2, 0.25) is 0 Å². The molecule has 1 amide bonds. The van der Waals surface area contributed by atoms with Crippen LogP contribution in [0.25, 0.3) is 0 Å². The van der Waals surface area contributed by atoms with Gasteiger partial charge < -0.3 is 14.7 Å². The number of methoxy groups -OCH3 is 1. The van der Waals surface area contributed by atoms with Crippen molar-refractivity contribution in [3.8, 4) is 5.75 Å². The second kappa shape index (κ2) is 5.48. The van der Waals surface area contributed by atoms with Crippen molar-refractivity contribution in [3.05, 3.63) is 24.0 Å². The number of carboxylic acid groups (broad SMARTS) is 1. The summed E-state index contributed by atoms with van der Waals surface area (Å²) in [5.74, 6) is -0.898. The minimum Gasteiger partial charge on any atom is -0.494 e. The van der Waals surface area contributed by atoms with Gasteiger partial charge in [-0.15, -0.1) is 0 Å². The van der Waals surface area contributed by atoms with Crippen LogP contribution in [0.3, 0.4) is 0 Å². The van der Waals surface area contributed by atoms with E-state index in [4.69, 9.17) is 4.74 Å². The Bertz CT molecular complexity index is 532. The number of amides is 1. The van der Waals surface area contributed by atoms with Crippen molar-refractivity contribution in [2.75, 3.05) is 13.7 Å². The standard InChI is InChI=1S/C14H18N2O4/c1-3-14(13(18)19)6-4-8-16(14)12(17)10-5-7-15-9-11(10)20-2/h5,7,9H,3-4,6,8H2,1-2H3,(H,18,19). The molecule has 1 N–H and O–H groups in total. The predicted octanol–water partition coefficient (Wildman–Crippen LogP) is 1.56. The molecule has 20 heavy (non-hydrogen) atoms. The Kier molecular flexibility index (Phi) is 3.92. The highest BCUT2D eigenvalue weighted by atomic mass is 16.5. The smallest absolute Gasteiger partial charge is 0.329 e. The first-order valence-electron chi connectivity index (χ1n) is 6.60. The molecule has 6 heteroatoms. The third-order valence-corrected chi connectivity index (χ3v) is 3.95. The van der Waals surface area contributed by atoms with Crippen LogP contribution in [0.1, 0.15) is 36.5 Å². The van der Waals surface area contributed by atoms with Crippen molar-refractivity contribution in [2.24, 2.45) is 0 Å². The Morgan fingerprint density at radius 3 is 2.90 bits per heavy atom. The van der Waals surface area contributed by atoms with Crippen LogP contribution in [-0.4, -0.2) is 46.1 Å². The van der Waals surface area contributed by atoms with Crippen LogP contribution in [0.15, 0.2) is 18.5 Å². The molecule has 1 unspecified atom stereocenters. The lowest BCUT2D eigenvalue weighted by atomic mass is 9.92. The molecule has 1 aromatic heterocycles. The summed E-state index contributed by atoms with van der Waals surface area (Å²) in [5.41, 5.74) is -0.755. The lowest BCUT2D eigenvalue weighted by Gasteiger charge is -2.34. The van der Waals surface area contributed by atoms with Gasteiger partial charge in [0.05, 0.1) is 18.9 Å². The number of pyridine rings is 1. The Morgan fingerprint density at radius 1 is 1.55 bits per heavy atom. The fourth-order valence-corrected chi connectivity index (χ4v) is 2.78. The molecule has 1 aliphatic rings. The normalized spacial score (nSPS) is 21.8. The first kappa shape index (κ1) is 14.3. The summed E-state index contributed by atoms with van der Waals surface area (Å²) >= 11 is 0. The topological polar surface area (TPSA) is 79.7 Å². The van der Waals surface area contributed by atoms with Crippen LogP contribution >= 0.6 is 0 Å². The molecule has 1 aromatic rings. The highest BCUT2D eigenvalue weighted by Gasteiger charge is 2.49. The zero-order valence-corrected chi connectivity index (χ0v) is 11.6. The van der Waals surface area contributed by atoms with Crippen molar-refractivity contribution in [1.29, 1.82) is 0 Å². The number of carbonyl (C=O) groups excluding carboxylic acids is 1. The highest BCUT2D eigenvalue weighted by molar-refractivity contribution is 6.00. The summed E-state index contributed by atoms with van der Waals surface area (Å²) in [5, 5.41) is 9.52. The molecule has 2 heterocycles. The van der Waals surface area contributed by atoms with E-state index >= 15 is 0 Å². The van der Waals surface area contributed by atoms with E-state index in [1.54, 1.807) is 13.0 Å². The maximum Gasteiger partial charge on any atom is 0.329 e. The van der Waals surface area contributed by atoms with Crippen molar-refractivity contribution >= 4 is 11.9 Å². The number of hydrogen-bond acceptors (Lipinski definition) is 4. The summed E-state index contributed by atoms with van der Waals surface area (Å²) in [6, 6.07) is 1.56. The molecule has 0 aromatic carbocycles. The number of carbonyl (C=O) groups is 2. The SMILES string of the molecule is CCC1(C(=O)O)CCCN1C(=O)c1ccncc1OC. The first-order valence-corrected chi connectivity index (χ1v) is 6.60. The van der Waals surface area contributed by atoms with Crippen molar-refractivity contribution < 1.29 is 19.4 Å². The van der Waals surface area contributed by atoms with Crippen molar-refractivity contribution in [2.45, 2.75) is 31.7 Å². The van der Waals surface area contributed by atoms with Gasteiger partial charge in [-0.25, -0.2) is 4.79 Å². The molecular weight excluding hydrogens is 260 g/mol. The van der Waals surface area contributed by atoms with Crippen LogP contribution < -0.4 is 4.74 Å². The van der Waals surface area contributed by atoms with E-state index in [2.05, 4.69) is 4.98 Å². The van der Waals surface area contributed by atoms with Gasteiger partial charge in [0.2, 0.25) is 0 Å². The van der Waals surface area contributed by atoms with Gasteiger partial charge in [0.15, 0.2) is 0 Å². The van der Waals surface area contributed by atoms with E-state index < -0.39 is 11.5 Å². The van der Waals surface area contributed by atoms with E-state index in [1.807, 2.05) is 0 Å². The van der Waals surface area contributed by atoms with E-state index in [0.717, 1.165) is 0 Å². The molecule has 0 bridgehead atoms. The molecule has 1 fully saturated rings. The molecule has 2 rings (SSSR count). The summed E-state index contributed by atoms with van der Waals surface area (Å²) < 4.78 is 5.13. The minimum atomic E-state index is -1.11. The molecule has 1 atom stereocenters. The third kappa shape index (κ3) is 2.11. The molecule has 6 nitrogen and oxygen atoms in total. The minimum absolute atomic E-state index is 0.314. The molecule has 1 aliphatic heterocycles. The molecular formula is C14H18N2O4. The number of likely N-dealkylation sites (tertiary alicyclic amines) is 1. The first-order chi connectivity index (χ1) is 9.56. The number of aliphatic carboxylic acids is 1. The Labute approximate surface area is 117 Å². The maximum absolute atomic E-state index is 12.7. The van der Waals surface area contributed by atoms with Crippen molar-refractivity contribution in [3.63, 3.8) is 0 Å². The molecule has 0 saturated carbocycles. The number of carboxylic acids is 1. The number of ether oxygens (including phenoxy) is 1. The largest absolute Gasteiger partial charge is 0.494 e. The number of aromatic nitrogens is 1. The molecule has 0 radical (unpaired) electrons. The van der Waals surface area contributed by atoms with Gasteiger partial charge in [-0.05, 0) is 25.3 Å². The van der Waals surface area contributed by atoms with E-state index in [9.17, 15) is 14.7 Å². The van der Waals surface area contributed by atoms with Gasteiger partial charge in [-0.2, -0.15) is 0 Å². The molecule has 0 aliphatic carbocycles. The zero-order valence-electron chi connectivity index (χ0n) is 11.6. The number of hydrogen-bond donors (Lipinski definition) is 1. The third-order valence-electron chi connectivity index (χ3n) is 3.95. The second-order valence-corrected chi connectivity index (χ2v) is 4.83. The van der Waals surface area contributed by atoms with E-state index in [0.29, 0.717) is 37.1 Å². The maximum atomic E-state index is 12.7. The Balaban J connectivity index is 2.39. The molecule has 108 valence electrons. The van der Waals surface area contributed by atoms with Gasteiger partial charge in [0.1, 0.15) is 11.3 Å². The fraction of sp³-hybridized carbons (Fsp3) is 0.500. The molecule has 1 saturated heterocycles. The predicted molar refractivity (Wildman–Crippen MR) is 71.7 cm³/mol. The molecule has 0 spiro atoms. The van der Waals surface area contributed by atoms with E-state index in [1.165, 1.54) is 24.4 Å². The number of nitrogens with zero attached hydrogens (tertiary/aromatic N) is 2. The second-order valence-electron chi connectivity index (χ2n) is 4.83. The lowest BCUT2D eigenvalue weighted by Crippen LogP contribution is -2.52. The summed E-state index contributed by atoms with van der Waals surface area (Å²) in [7, 11) is 1.46. The quantitative estimate of drug-likeness (QED) is 0.904. The van der Waals surface area contributed by atoms with Gasteiger partial charge in [-0.3, -0.25) is 9.78 Å². The number of rotatable bonds is 4. The van der Waals surface area contributed by atoms with Crippen LogP contribution in [-0.2, 0) is 4.79 Å². The lowest BCUT2D eigenvalue weighted by molar-refractivity contribution is -0.148. The van der Waals surface area contributed by atoms with Crippen LogP contribution in [0.5, 0.6) is 5.75 Å². The van der Waals surface area contributed by atoms with Crippen LogP contribution in [0, 0.1) is 0 Å². The summed E-state index contributed by atoms with van der Waals surface area (Å²) in [4.78, 5) is 29.6. The van der Waals surface area contributed by atoms with Gasteiger partial charge >= 0.3 is 5.97 Å². The van der Waals surface area contributed by atoms with Gasteiger partial charge in [0.25, 0.3) is 5.91 Å². The zero-order chi connectivity index (χ0) is 14.8. The van der Waals surface area contributed by atoms with Crippen LogP contribution in [0.4, 0.5) is 0 Å². The Hall–Kier alpha value is -2.11. The fourth-order valence-electron chi connectivity index (χ4n) is 2.78. The summed E-state index contributed by atoms with van der Waals surface area (Å²) in [6.45, 7) is 2.24. The average molecular weight is 278 g/mol.